The maximum Gasteiger partial charge on any atom is 0.247 e. The first-order valence-corrected chi connectivity index (χ1v) is 12.1. The van der Waals surface area contributed by atoms with E-state index in [0.29, 0.717) is 24.4 Å². The van der Waals surface area contributed by atoms with Crippen LogP contribution in [0.25, 0.3) is 10.4 Å². The van der Waals surface area contributed by atoms with Crippen molar-refractivity contribution in [3.8, 4) is 10.4 Å². The number of hydrogen-bond acceptors (Lipinski definition) is 6. The fraction of sp³-hybridized carbons (Fsp3) is 0.440. The van der Waals surface area contributed by atoms with Crippen LogP contribution in [-0.2, 0) is 14.4 Å². The molecule has 2 amide bonds. The van der Waals surface area contributed by atoms with Gasteiger partial charge in [0.2, 0.25) is 11.8 Å². The summed E-state index contributed by atoms with van der Waals surface area (Å²) in [5.41, 5.74) is 11.5. The Morgan fingerprint density at radius 2 is 2.00 bits per heavy atom. The van der Waals surface area contributed by atoms with E-state index in [1.54, 1.807) is 23.2 Å². The standard InChI is InChI=1S/C25H32N4O3S/c1-14(2)22(21(30)12-16(4)26)25(32)29-10-6-7-20(29)24(31)28-19-9-8-18(11-15(19)3)23-17(5)27-13-33-23/h8-9,11-14,20,22H,6-7,10,26H2,1-5H3,(H,28,31). The van der Waals surface area contributed by atoms with E-state index in [1.807, 2.05) is 51.4 Å². The van der Waals surface area contributed by atoms with Gasteiger partial charge < -0.3 is 16.0 Å². The second-order valence-corrected chi connectivity index (χ2v) is 9.84. The molecule has 33 heavy (non-hydrogen) atoms. The highest BCUT2D eigenvalue weighted by molar-refractivity contribution is 7.13. The molecular formula is C25H32N4O3S. The quantitative estimate of drug-likeness (QED) is 0.471. The van der Waals surface area contributed by atoms with Gasteiger partial charge in [0.15, 0.2) is 5.78 Å². The summed E-state index contributed by atoms with van der Waals surface area (Å²) in [6.45, 7) is 9.67. The minimum atomic E-state index is -0.847. The van der Waals surface area contributed by atoms with Crippen LogP contribution in [0.3, 0.4) is 0 Å². The van der Waals surface area contributed by atoms with Crippen LogP contribution in [-0.4, -0.2) is 40.1 Å². The number of nitrogens with two attached hydrogens (primary N) is 1. The number of nitrogens with one attached hydrogen (secondary N) is 1. The monoisotopic (exact) mass is 468 g/mol. The van der Waals surface area contributed by atoms with E-state index >= 15 is 0 Å². The van der Waals surface area contributed by atoms with Crippen LogP contribution in [0, 0.1) is 25.7 Å². The lowest BCUT2D eigenvalue weighted by Gasteiger charge is -2.29. The predicted molar refractivity (Wildman–Crippen MR) is 132 cm³/mol. The maximum atomic E-state index is 13.3. The van der Waals surface area contributed by atoms with Crippen molar-refractivity contribution in [3.05, 3.63) is 46.7 Å². The Balaban J connectivity index is 1.77. The van der Waals surface area contributed by atoms with Gasteiger partial charge in [0.1, 0.15) is 12.0 Å². The molecule has 2 heterocycles. The van der Waals surface area contributed by atoms with Crippen molar-refractivity contribution in [1.82, 2.24) is 9.88 Å². The molecule has 8 heteroatoms. The normalized spacial score (nSPS) is 17.3. The molecule has 0 saturated carbocycles. The lowest BCUT2D eigenvalue weighted by Crippen LogP contribution is -2.48. The van der Waals surface area contributed by atoms with E-state index in [1.165, 1.54) is 6.08 Å². The number of anilines is 1. The largest absolute Gasteiger partial charge is 0.402 e. The number of aryl methyl sites for hydroxylation is 2. The molecule has 2 unspecified atom stereocenters. The average molecular weight is 469 g/mol. The van der Waals surface area contributed by atoms with E-state index in [0.717, 1.165) is 28.1 Å². The first-order chi connectivity index (χ1) is 15.6. The molecule has 0 radical (unpaired) electrons. The number of hydrogen-bond donors (Lipinski definition) is 2. The highest BCUT2D eigenvalue weighted by atomic mass is 32.1. The lowest BCUT2D eigenvalue weighted by atomic mass is 9.89. The number of allylic oxidation sites excluding steroid dienone is 2. The first kappa shape index (κ1) is 24.6. The van der Waals surface area contributed by atoms with E-state index in [9.17, 15) is 14.4 Å². The number of benzene rings is 1. The molecule has 1 saturated heterocycles. The SMILES string of the molecule is CC(N)=CC(=O)C(C(=O)N1CCCC1C(=O)Nc1ccc(-c2scnc2C)cc1C)C(C)C. The Bertz CT molecular complexity index is 1090. The third-order valence-electron chi connectivity index (χ3n) is 5.94. The minimum absolute atomic E-state index is 0.199. The van der Waals surface area contributed by atoms with Crippen LogP contribution in [0.5, 0.6) is 0 Å². The predicted octanol–water partition coefficient (Wildman–Crippen LogP) is 4.06. The zero-order valence-corrected chi connectivity index (χ0v) is 20.7. The second-order valence-electron chi connectivity index (χ2n) is 8.99. The Kier molecular flexibility index (Phi) is 7.68. The number of rotatable bonds is 7. The van der Waals surface area contributed by atoms with Crippen LogP contribution in [0.15, 0.2) is 35.5 Å². The number of amides is 2. The highest BCUT2D eigenvalue weighted by Gasteiger charge is 2.40. The maximum absolute atomic E-state index is 13.3. The molecule has 1 fully saturated rings. The Hall–Kier alpha value is -3.00. The molecule has 0 aliphatic carbocycles. The van der Waals surface area contributed by atoms with Crippen LogP contribution in [0.2, 0.25) is 0 Å². The summed E-state index contributed by atoms with van der Waals surface area (Å²) >= 11 is 1.58. The van der Waals surface area contributed by atoms with Gasteiger partial charge in [0.05, 0.1) is 16.1 Å². The van der Waals surface area contributed by atoms with Crippen molar-refractivity contribution in [3.63, 3.8) is 0 Å². The fourth-order valence-corrected chi connectivity index (χ4v) is 5.07. The summed E-state index contributed by atoms with van der Waals surface area (Å²) < 4.78 is 0. The van der Waals surface area contributed by atoms with Gasteiger partial charge in [0.25, 0.3) is 0 Å². The molecular weight excluding hydrogens is 436 g/mol. The van der Waals surface area contributed by atoms with Crippen LogP contribution < -0.4 is 11.1 Å². The molecule has 1 aliphatic heterocycles. The van der Waals surface area contributed by atoms with Crippen LogP contribution in [0.4, 0.5) is 5.69 Å². The molecule has 2 atom stereocenters. The molecule has 1 aromatic heterocycles. The molecule has 1 aliphatic rings. The minimum Gasteiger partial charge on any atom is -0.402 e. The zero-order valence-electron chi connectivity index (χ0n) is 19.8. The topological polar surface area (TPSA) is 105 Å². The third-order valence-corrected chi connectivity index (χ3v) is 6.92. The number of ketones is 1. The van der Waals surface area contributed by atoms with Crippen molar-refractivity contribution in [1.29, 1.82) is 0 Å². The second kappa shape index (κ2) is 10.3. The van der Waals surface area contributed by atoms with E-state index in [-0.39, 0.29) is 23.5 Å². The Labute approximate surface area is 199 Å². The summed E-state index contributed by atoms with van der Waals surface area (Å²) in [6.07, 6.45) is 2.60. The molecule has 2 aromatic rings. The smallest absolute Gasteiger partial charge is 0.247 e. The molecule has 3 N–H and O–H groups in total. The lowest BCUT2D eigenvalue weighted by molar-refractivity contribution is -0.145. The fourth-order valence-electron chi connectivity index (χ4n) is 4.27. The van der Waals surface area contributed by atoms with Crippen LogP contribution in [0.1, 0.15) is 44.9 Å². The molecule has 0 spiro atoms. The van der Waals surface area contributed by atoms with Gasteiger partial charge in [-0.3, -0.25) is 14.4 Å². The van der Waals surface area contributed by atoms with E-state index in [2.05, 4.69) is 10.3 Å². The van der Waals surface area contributed by atoms with Crippen LogP contribution >= 0.6 is 11.3 Å². The third kappa shape index (κ3) is 5.50. The number of nitrogens with zero attached hydrogens (tertiary/aromatic N) is 2. The summed E-state index contributed by atoms with van der Waals surface area (Å²) in [5.74, 6) is -1.90. The summed E-state index contributed by atoms with van der Waals surface area (Å²) in [5, 5.41) is 2.99. The summed E-state index contributed by atoms with van der Waals surface area (Å²) in [6, 6.07) is 5.29. The summed E-state index contributed by atoms with van der Waals surface area (Å²) in [7, 11) is 0. The Morgan fingerprint density at radius 3 is 2.58 bits per heavy atom. The molecule has 3 rings (SSSR count). The van der Waals surface area contributed by atoms with Gasteiger partial charge in [-0.1, -0.05) is 19.9 Å². The van der Waals surface area contributed by atoms with Gasteiger partial charge >= 0.3 is 0 Å². The van der Waals surface area contributed by atoms with Crippen molar-refractivity contribution in [2.24, 2.45) is 17.6 Å². The molecule has 176 valence electrons. The van der Waals surface area contributed by atoms with Gasteiger partial charge in [-0.15, -0.1) is 11.3 Å². The van der Waals surface area contributed by atoms with Crippen molar-refractivity contribution >= 4 is 34.6 Å². The number of likely N-dealkylation sites (tertiary alicyclic amines) is 1. The first-order valence-electron chi connectivity index (χ1n) is 11.2. The molecule has 7 nitrogen and oxygen atoms in total. The molecule has 0 bridgehead atoms. The molecule has 1 aromatic carbocycles. The number of carbonyl (C=O) groups is 3. The Morgan fingerprint density at radius 1 is 1.27 bits per heavy atom. The zero-order chi connectivity index (χ0) is 24.3. The van der Waals surface area contributed by atoms with Crippen molar-refractivity contribution < 1.29 is 14.4 Å². The highest BCUT2D eigenvalue weighted by Crippen LogP contribution is 2.31. The summed E-state index contributed by atoms with van der Waals surface area (Å²) in [4.78, 5) is 46.1. The van der Waals surface area contributed by atoms with Gasteiger partial charge in [-0.25, -0.2) is 4.98 Å². The number of aromatic nitrogens is 1. The average Bonchev–Trinajstić information content (AvgIpc) is 3.37. The van der Waals surface area contributed by atoms with E-state index in [4.69, 9.17) is 5.73 Å². The van der Waals surface area contributed by atoms with Crippen molar-refractivity contribution in [2.45, 2.75) is 53.5 Å². The van der Waals surface area contributed by atoms with Gasteiger partial charge in [-0.2, -0.15) is 0 Å². The van der Waals surface area contributed by atoms with Crippen molar-refractivity contribution in [2.75, 3.05) is 11.9 Å². The number of thiazole rings is 1. The van der Waals surface area contributed by atoms with E-state index < -0.39 is 12.0 Å². The number of carbonyl (C=O) groups excluding carboxylic acids is 3. The van der Waals surface area contributed by atoms with Gasteiger partial charge in [0, 0.05) is 24.0 Å². The van der Waals surface area contributed by atoms with Gasteiger partial charge in [-0.05, 0) is 62.8 Å².